The number of nitrogens with one attached hydrogen (secondary N) is 1. The van der Waals surface area contributed by atoms with Crippen molar-refractivity contribution in [2.75, 3.05) is 0 Å². The van der Waals surface area contributed by atoms with E-state index in [0.717, 1.165) is 30.7 Å². The van der Waals surface area contributed by atoms with Crippen molar-refractivity contribution in [3.8, 4) is 0 Å². The predicted octanol–water partition coefficient (Wildman–Crippen LogP) is 0.395. The summed E-state index contributed by atoms with van der Waals surface area (Å²) in [6.07, 6.45) is 0. The van der Waals surface area contributed by atoms with Crippen LogP contribution < -0.4 is 2.81 Å². The zero-order valence-corrected chi connectivity index (χ0v) is 11.0. The van der Waals surface area contributed by atoms with Crippen LogP contribution in [0, 0.1) is 5.41 Å². The van der Waals surface area contributed by atoms with Crippen molar-refractivity contribution >= 4 is 58.2 Å². The topological polar surface area (TPSA) is 78.2 Å². The predicted molar refractivity (Wildman–Crippen MR) is 57.0 cm³/mol. The summed E-state index contributed by atoms with van der Waals surface area (Å²) in [7, 11) is -4.00. The van der Waals surface area contributed by atoms with Gasteiger partial charge in [0.2, 0.25) is 0 Å². The van der Waals surface area contributed by atoms with Crippen LogP contribution >= 0.6 is 12.2 Å². The Morgan fingerprint density at radius 3 is 2.00 bits per heavy atom. The maximum absolute atomic E-state index is 10.5. The van der Waals surface area contributed by atoms with Crippen LogP contribution in [0.5, 0.6) is 0 Å². The van der Waals surface area contributed by atoms with Gasteiger partial charge in [0.15, 0.2) is 0 Å². The van der Waals surface area contributed by atoms with E-state index < -0.39 is 10.1 Å². The average Bonchev–Trinajstić information content (AvgIpc) is 2.04. The molecule has 0 saturated heterocycles. The molecule has 0 saturated carbocycles. The second kappa shape index (κ2) is 6.42. The minimum absolute atomic E-state index is 0.0444. The fraction of sp³-hybridized carbons (Fsp3) is 0. The molecule has 0 radical (unpaired) electrons. The molecule has 7 heteroatoms. The maximum atomic E-state index is 10.5. The average molecular weight is 239 g/mol. The fourth-order valence-corrected chi connectivity index (χ4v) is 1.52. The van der Waals surface area contributed by atoms with Crippen LogP contribution in [0.3, 0.4) is 0 Å². The van der Waals surface area contributed by atoms with E-state index in [1.807, 2.05) is 0 Å². The molecule has 0 spiro atoms. The van der Waals surface area contributed by atoms with Gasteiger partial charge < -0.3 is 0 Å². The van der Waals surface area contributed by atoms with Gasteiger partial charge in [-0.3, -0.25) is 0 Å². The van der Waals surface area contributed by atoms with Gasteiger partial charge in [-0.15, -0.1) is 0 Å². The molecule has 0 aromatic heterocycles. The van der Waals surface area contributed by atoms with E-state index in [0.29, 0.717) is 0 Å². The summed E-state index contributed by atoms with van der Waals surface area (Å²) >= 11 is 4.69. The quantitative estimate of drug-likeness (QED) is 0.322. The van der Waals surface area contributed by atoms with Gasteiger partial charge in [-0.2, -0.15) is 0 Å². The van der Waals surface area contributed by atoms with E-state index in [1.165, 1.54) is 12.1 Å². The standard InChI is InChI=1S/C6H5O3S.CHNS.Na/c7-10(8,9)6-4-2-1-3-5-6;2-1-3;/h2-5H,(H,7,8,9);2H;. The molecule has 1 aromatic carbocycles. The number of benzene rings is 1. The molecule has 0 aliphatic carbocycles. The Labute approximate surface area is 105 Å². The molecular formula is C7H6NNaO3S2. The minimum atomic E-state index is -4.00. The van der Waals surface area contributed by atoms with Crippen LogP contribution in [-0.4, -0.2) is 46.1 Å². The molecule has 70 valence electrons. The molecule has 4 nitrogen and oxygen atoms in total. The molecule has 0 heterocycles. The van der Waals surface area contributed by atoms with Gasteiger partial charge in [0.1, 0.15) is 0 Å². The number of rotatable bonds is 1. The first-order chi connectivity index (χ1) is 6.41. The van der Waals surface area contributed by atoms with E-state index in [9.17, 15) is 8.42 Å². The molecule has 2 N–H and O–H groups in total. The number of thiocarbonyl (C=S) groups is 1. The van der Waals surface area contributed by atoms with Gasteiger partial charge >= 0.3 is 83.0 Å². The van der Waals surface area contributed by atoms with Crippen molar-refractivity contribution in [2.45, 2.75) is 4.90 Å². The van der Waals surface area contributed by atoms with E-state index in [4.69, 9.17) is 9.96 Å². The molecule has 1 aromatic rings. The molecule has 14 heavy (non-hydrogen) atoms. The van der Waals surface area contributed by atoms with Crippen molar-refractivity contribution < 1.29 is 13.0 Å². The van der Waals surface area contributed by atoms with Crippen LogP contribution in [0.2, 0.25) is 0 Å². The summed E-state index contributed by atoms with van der Waals surface area (Å²) in [5, 5.41) is 7.36. The fourth-order valence-electron chi connectivity index (χ4n) is 0.710. The van der Waals surface area contributed by atoms with Gasteiger partial charge in [-0.25, -0.2) is 5.41 Å². The van der Waals surface area contributed by atoms with Crippen molar-refractivity contribution in [3.05, 3.63) is 24.3 Å². The molecule has 0 unspecified atom stereocenters. The molecule has 0 fully saturated rings. The van der Waals surface area contributed by atoms with E-state index in [-0.39, 0.29) is 4.90 Å². The van der Waals surface area contributed by atoms with Gasteiger partial charge in [-0.1, -0.05) is 0 Å². The van der Waals surface area contributed by atoms with Crippen LogP contribution in [0.1, 0.15) is 0 Å². The van der Waals surface area contributed by atoms with Gasteiger partial charge in [-0.05, 0) is 12.2 Å². The first kappa shape index (κ1) is 13.9. The number of isothiocyanates is 1. The summed E-state index contributed by atoms with van der Waals surface area (Å²) < 4.78 is 30.7. The summed E-state index contributed by atoms with van der Waals surface area (Å²) in [6.45, 7) is 0. The Bertz CT molecular complexity index is 421. The Morgan fingerprint density at radius 1 is 1.36 bits per heavy atom. The summed E-state index contributed by atoms with van der Waals surface area (Å²) in [6, 6.07) is 6.18. The first-order valence-electron chi connectivity index (χ1n) is 3.50. The van der Waals surface area contributed by atoms with Gasteiger partial charge in [0, 0.05) is 0 Å². The Hall–Kier alpha value is -0.0700. The molecule has 0 atom stereocenters. The number of hydrogen-bond donors (Lipinski definition) is 2. The molecular weight excluding hydrogens is 233 g/mol. The van der Waals surface area contributed by atoms with E-state index >= 15 is 0 Å². The van der Waals surface area contributed by atoms with Crippen LogP contribution in [0.25, 0.3) is 0 Å². The molecule has 0 amide bonds. The third kappa shape index (κ3) is 5.62. The normalized spacial score (nSPS) is 9.64. The van der Waals surface area contributed by atoms with Gasteiger partial charge in [0.25, 0.3) is 0 Å². The molecule has 1 rings (SSSR count). The van der Waals surface area contributed by atoms with Crippen molar-refractivity contribution in [2.24, 2.45) is 0 Å². The van der Waals surface area contributed by atoms with E-state index in [2.05, 4.69) is 12.2 Å². The zero-order chi connectivity index (χ0) is 11.2. The van der Waals surface area contributed by atoms with E-state index in [1.54, 1.807) is 17.3 Å². The monoisotopic (exact) mass is 239 g/mol. The van der Waals surface area contributed by atoms with Crippen LogP contribution in [0.4, 0.5) is 0 Å². The van der Waals surface area contributed by atoms with Crippen molar-refractivity contribution in [1.82, 2.24) is 0 Å². The summed E-state index contributed by atoms with van der Waals surface area (Å²) in [4.78, 5) is -0.0444. The zero-order valence-electron chi connectivity index (χ0n) is 7.39. The first-order valence-corrected chi connectivity index (χ1v) is 6.34. The summed E-state index contributed by atoms with van der Waals surface area (Å²) in [5.74, 6) is 0. The third-order valence-corrected chi connectivity index (χ3v) is 2.85. The second-order valence-corrected chi connectivity index (χ2v) is 5.17. The number of hydrogen-bond acceptors (Lipinski definition) is 4. The second-order valence-electron chi connectivity index (χ2n) is 2.39. The van der Waals surface area contributed by atoms with Crippen molar-refractivity contribution in [3.63, 3.8) is 0 Å². The van der Waals surface area contributed by atoms with Crippen LogP contribution in [-0.2, 0) is 10.1 Å². The Kier molecular flexibility index (Phi) is 6.39. The van der Waals surface area contributed by atoms with Crippen LogP contribution in [0.15, 0.2) is 29.2 Å². The summed E-state index contributed by atoms with van der Waals surface area (Å²) in [5.41, 5.74) is 0. The van der Waals surface area contributed by atoms with Crippen molar-refractivity contribution in [1.29, 1.82) is 5.41 Å². The molecule has 0 aliphatic heterocycles. The Balaban J connectivity index is 0.000000500. The van der Waals surface area contributed by atoms with Gasteiger partial charge in [0.05, 0.1) is 5.16 Å². The molecule has 0 aliphatic rings. The Morgan fingerprint density at radius 2 is 1.71 bits per heavy atom. The SMILES string of the molecule is N=C=S.O=S(=O)(O)c1cc[c]([Na])cc1. The molecule has 0 bridgehead atoms. The third-order valence-electron chi connectivity index (χ3n) is 1.32.